The van der Waals surface area contributed by atoms with Crippen LogP contribution in [0, 0.1) is 0 Å². The molecule has 0 amide bonds. The number of rotatable bonds is 5. The second-order valence-corrected chi connectivity index (χ2v) is 8.49. The molecule has 4 nitrogen and oxygen atoms in total. The molecule has 0 spiro atoms. The van der Waals surface area contributed by atoms with Crippen molar-refractivity contribution in [3.05, 3.63) is 28.2 Å². The molecule has 1 saturated heterocycles. The van der Waals surface area contributed by atoms with Crippen molar-refractivity contribution in [3.63, 3.8) is 0 Å². The molecule has 6 heteroatoms. The van der Waals surface area contributed by atoms with Gasteiger partial charge in [0.1, 0.15) is 11.9 Å². The number of benzene rings is 1. The number of halogens is 1. The normalized spacial score (nSPS) is 21.3. The number of hydrogen-bond acceptors (Lipinski definition) is 4. The molecule has 1 heterocycles. The molecule has 0 aliphatic carbocycles. The van der Waals surface area contributed by atoms with Gasteiger partial charge >= 0.3 is 0 Å². The molecule has 1 aromatic rings. The second kappa shape index (κ2) is 6.45. The van der Waals surface area contributed by atoms with Gasteiger partial charge < -0.3 is 10.1 Å². The average molecular weight is 362 g/mol. The highest BCUT2D eigenvalue weighted by Crippen LogP contribution is 2.31. The second-order valence-electron chi connectivity index (χ2n) is 5.41. The Morgan fingerprint density at radius 3 is 2.80 bits per heavy atom. The first-order valence-corrected chi connectivity index (χ1v) is 9.36. The average Bonchev–Trinajstić information content (AvgIpc) is 2.69. The summed E-state index contributed by atoms with van der Waals surface area (Å²) >= 11 is 3.49. The lowest BCUT2D eigenvalue weighted by atomic mass is 10.2. The van der Waals surface area contributed by atoms with Crippen LogP contribution in [0.5, 0.6) is 5.75 Å². The van der Waals surface area contributed by atoms with Crippen LogP contribution in [0.25, 0.3) is 0 Å². The maximum absolute atomic E-state index is 11.5. The quantitative estimate of drug-likeness (QED) is 0.875. The van der Waals surface area contributed by atoms with Crippen LogP contribution in [-0.4, -0.2) is 32.1 Å². The highest BCUT2D eigenvalue weighted by molar-refractivity contribution is 9.10. The minimum Gasteiger partial charge on any atom is -0.488 e. The first-order chi connectivity index (χ1) is 9.37. The summed E-state index contributed by atoms with van der Waals surface area (Å²) in [7, 11) is -2.92. The molecule has 0 aromatic heterocycles. The van der Waals surface area contributed by atoms with E-state index >= 15 is 0 Å². The number of ether oxygens (including phenoxy) is 1. The van der Waals surface area contributed by atoms with Gasteiger partial charge in [-0.3, -0.25) is 0 Å². The minimum absolute atomic E-state index is 0.116. The van der Waals surface area contributed by atoms with Crippen LogP contribution < -0.4 is 10.1 Å². The number of nitrogens with one attached hydrogen (secondary N) is 1. The molecule has 1 N–H and O–H groups in total. The monoisotopic (exact) mass is 361 g/mol. The van der Waals surface area contributed by atoms with Gasteiger partial charge in [-0.2, -0.15) is 0 Å². The van der Waals surface area contributed by atoms with Crippen molar-refractivity contribution >= 4 is 25.8 Å². The fourth-order valence-corrected chi connectivity index (χ4v) is 4.25. The zero-order valence-corrected chi connectivity index (χ0v) is 14.1. The largest absolute Gasteiger partial charge is 0.488 e. The molecule has 1 aromatic carbocycles. The predicted octanol–water partition coefficient (Wildman–Crippen LogP) is 2.51. The summed E-state index contributed by atoms with van der Waals surface area (Å²) in [5.41, 5.74) is 1.04. The van der Waals surface area contributed by atoms with E-state index in [1.165, 1.54) is 0 Å². The van der Waals surface area contributed by atoms with E-state index < -0.39 is 9.84 Å². The van der Waals surface area contributed by atoms with Gasteiger partial charge in [0.25, 0.3) is 0 Å². The predicted molar refractivity (Wildman–Crippen MR) is 83.8 cm³/mol. The van der Waals surface area contributed by atoms with Crippen LogP contribution in [0.4, 0.5) is 0 Å². The van der Waals surface area contributed by atoms with E-state index in [9.17, 15) is 8.42 Å². The molecule has 1 fully saturated rings. The SMILES string of the molecule is CC(C)NCc1cccc(Br)c1OC1CCS(=O)(=O)C1. The molecule has 0 saturated carbocycles. The van der Waals surface area contributed by atoms with Gasteiger partial charge in [-0.25, -0.2) is 8.42 Å². The Morgan fingerprint density at radius 2 is 2.20 bits per heavy atom. The van der Waals surface area contributed by atoms with Crippen LogP contribution in [0.3, 0.4) is 0 Å². The Hall–Kier alpha value is -0.590. The lowest BCUT2D eigenvalue weighted by Gasteiger charge is -2.18. The Kier molecular flexibility index (Phi) is 5.09. The molecule has 1 unspecified atom stereocenters. The molecular formula is C14H20BrNO3S. The van der Waals surface area contributed by atoms with E-state index in [0.29, 0.717) is 19.0 Å². The van der Waals surface area contributed by atoms with Crippen LogP contribution in [0.15, 0.2) is 22.7 Å². The highest BCUT2D eigenvalue weighted by Gasteiger charge is 2.30. The summed E-state index contributed by atoms with van der Waals surface area (Å²) in [4.78, 5) is 0. The van der Waals surface area contributed by atoms with Crippen LogP contribution in [0.1, 0.15) is 25.8 Å². The van der Waals surface area contributed by atoms with Crippen molar-refractivity contribution in [1.29, 1.82) is 0 Å². The molecule has 2 rings (SSSR count). The van der Waals surface area contributed by atoms with Gasteiger partial charge in [0.05, 0.1) is 16.0 Å². The lowest BCUT2D eigenvalue weighted by Crippen LogP contribution is -2.23. The zero-order valence-electron chi connectivity index (χ0n) is 11.7. The van der Waals surface area contributed by atoms with Crippen LogP contribution in [-0.2, 0) is 16.4 Å². The topological polar surface area (TPSA) is 55.4 Å². The third-order valence-electron chi connectivity index (χ3n) is 3.22. The van der Waals surface area contributed by atoms with E-state index in [0.717, 1.165) is 15.8 Å². The Balaban J connectivity index is 2.13. The Labute approximate surface area is 129 Å². The molecule has 1 aliphatic rings. The molecule has 0 radical (unpaired) electrons. The van der Waals surface area contributed by atoms with Crippen molar-refractivity contribution < 1.29 is 13.2 Å². The molecule has 112 valence electrons. The van der Waals surface area contributed by atoms with E-state index in [-0.39, 0.29) is 17.6 Å². The third kappa shape index (κ3) is 4.20. The molecule has 1 aliphatic heterocycles. The zero-order chi connectivity index (χ0) is 14.8. The van der Waals surface area contributed by atoms with Crippen molar-refractivity contribution in [2.24, 2.45) is 0 Å². The van der Waals surface area contributed by atoms with Crippen molar-refractivity contribution in [3.8, 4) is 5.75 Å². The van der Waals surface area contributed by atoms with E-state index in [1.54, 1.807) is 0 Å². The van der Waals surface area contributed by atoms with E-state index in [1.807, 2.05) is 18.2 Å². The van der Waals surface area contributed by atoms with E-state index in [4.69, 9.17) is 4.74 Å². The number of para-hydroxylation sites is 1. The number of hydrogen-bond donors (Lipinski definition) is 1. The van der Waals surface area contributed by atoms with Crippen LogP contribution >= 0.6 is 15.9 Å². The Morgan fingerprint density at radius 1 is 1.45 bits per heavy atom. The number of sulfone groups is 1. The first-order valence-electron chi connectivity index (χ1n) is 6.75. The van der Waals surface area contributed by atoms with Gasteiger partial charge in [-0.05, 0) is 28.4 Å². The van der Waals surface area contributed by atoms with Gasteiger partial charge in [0, 0.05) is 18.2 Å². The summed E-state index contributed by atoms with van der Waals surface area (Å²) in [6.07, 6.45) is 0.331. The highest BCUT2D eigenvalue weighted by atomic mass is 79.9. The molecule has 1 atom stereocenters. The lowest BCUT2D eigenvalue weighted by molar-refractivity contribution is 0.224. The van der Waals surface area contributed by atoms with Gasteiger partial charge in [0.15, 0.2) is 9.84 Å². The summed E-state index contributed by atoms with van der Waals surface area (Å²) in [5, 5.41) is 3.35. The maximum atomic E-state index is 11.5. The minimum atomic E-state index is -2.92. The van der Waals surface area contributed by atoms with Gasteiger partial charge in [-0.1, -0.05) is 26.0 Å². The third-order valence-corrected chi connectivity index (χ3v) is 5.59. The maximum Gasteiger partial charge on any atom is 0.154 e. The van der Waals surface area contributed by atoms with Crippen molar-refractivity contribution in [1.82, 2.24) is 5.32 Å². The summed E-state index contributed by atoms with van der Waals surface area (Å²) in [6.45, 7) is 4.87. The summed E-state index contributed by atoms with van der Waals surface area (Å²) in [5.74, 6) is 1.09. The molecule has 20 heavy (non-hydrogen) atoms. The smallest absolute Gasteiger partial charge is 0.154 e. The first kappa shape index (κ1) is 15.8. The Bertz CT molecular complexity index is 572. The van der Waals surface area contributed by atoms with Gasteiger partial charge in [-0.15, -0.1) is 0 Å². The van der Waals surface area contributed by atoms with Crippen LogP contribution in [0.2, 0.25) is 0 Å². The van der Waals surface area contributed by atoms with Crippen molar-refractivity contribution in [2.45, 2.75) is 39.0 Å². The fraction of sp³-hybridized carbons (Fsp3) is 0.571. The molecule has 0 bridgehead atoms. The summed E-state index contributed by atoms with van der Waals surface area (Å²) in [6, 6.07) is 6.25. The van der Waals surface area contributed by atoms with E-state index in [2.05, 4.69) is 35.1 Å². The summed E-state index contributed by atoms with van der Waals surface area (Å²) < 4.78 is 29.8. The fourth-order valence-electron chi connectivity index (χ4n) is 2.16. The molecular weight excluding hydrogens is 342 g/mol. The van der Waals surface area contributed by atoms with Gasteiger partial charge in [0.2, 0.25) is 0 Å². The van der Waals surface area contributed by atoms with Crippen molar-refractivity contribution in [2.75, 3.05) is 11.5 Å². The standard InChI is InChI=1S/C14H20BrNO3S/c1-10(2)16-8-11-4-3-5-13(15)14(11)19-12-6-7-20(17,18)9-12/h3-5,10,12,16H,6-9H2,1-2H3.